The molecule has 1 N–H and O–H groups in total. The van der Waals surface area contributed by atoms with Crippen molar-refractivity contribution >= 4 is 0 Å². The molecule has 1 atom stereocenters. The molecule has 5 heteroatoms. The van der Waals surface area contributed by atoms with E-state index in [-0.39, 0.29) is 0 Å². The zero-order valence-corrected chi connectivity index (χ0v) is 10.6. The first-order valence-corrected chi connectivity index (χ1v) is 6.70. The molecule has 1 aromatic rings. The van der Waals surface area contributed by atoms with Crippen LogP contribution in [-0.4, -0.2) is 34.8 Å². The molecule has 1 aliphatic carbocycles. The summed E-state index contributed by atoms with van der Waals surface area (Å²) in [6.07, 6.45) is 4.46. The third-order valence-electron chi connectivity index (χ3n) is 3.60. The van der Waals surface area contributed by atoms with Crippen LogP contribution in [0.1, 0.15) is 30.1 Å². The van der Waals surface area contributed by atoms with E-state index in [9.17, 15) is 0 Å². The Hall–Kier alpha value is -1.20. The minimum atomic E-state index is 0.363. The van der Waals surface area contributed by atoms with E-state index in [1.54, 1.807) is 6.08 Å². The molecule has 1 fully saturated rings. The van der Waals surface area contributed by atoms with E-state index < -0.39 is 0 Å². The van der Waals surface area contributed by atoms with Crippen LogP contribution in [0.2, 0.25) is 0 Å². The van der Waals surface area contributed by atoms with E-state index in [1.807, 2.05) is 0 Å². The van der Waals surface area contributed by atoms with Gasteiger partial charge in [-0.3, -0.25) is 0 Å². The highest BCUT2D eigenvalue weighted by molar-refractivity contribution is 5.19. The second-order valence-electron chi connectivity index (χ2n) is 5.20. The molecule has 0 amide bonds. The fraction of sp³-hybridized carbons (Fsp3) is 0.692. The van der Waals surface area contributed by atoms with Crippen LogP contribution in [0, 0.1) is 5.92 Å². The number of rotatable bonds is 6. The molecule has 0 spiro atoms. The first-order valence-electron chi connectivity index (χ1n) is 6.70. The van der Waals surface area contributed by atoms with Crippen molar-refractivity contribution in [3.8, 4) is 0 Å². The number of aromatic nitrogens is 3. The Morgan fingerprint density at radius 3 is 3.17 bits per heavy atom. The third-order valence-corrected chi connectivity index (χ3v) is 3.60. The van der Waals surface area contributed by atoms with Crippen molar-refractivity contribution in [1.29, 1.82) is 0 Å². The Labute approximate surface area is 107 Å². The van der Waals surface area contributed by atoms with E-state index in [0.29, 0.717) is 19.1 Å². The molecule has 3 rings (SSSR count). The summed E-state index contributed by atoms with van der Waals surface area (Å²) in [4.78, 5) is 0. The van der Waals surface area contributed by atoms with Crippen molar-refractivity contribution in [2.45, 2.75) is 31.8 Å². The molecular formula is C13H20N4O. The van der Waals surface area contributed by atoms with Crippen LogP contribution < -0.4 is 5.32 Å². The van der Waals surface area contributed by atoms with E-state index in [2.05, 4.69) is 26.9 Å². The maximum Gasteiger partial charge on any atom is 0.100 e. The first-order chi connectivity index (χ1) is 8.88. The molecule has 1 saturated carbocycles. The van der Waals surface area contributed by atoms with Gasteiger partial charge in [-0.1, -0.05) is 11.3 Å². The molecule has 1 aromatic heterocycles. The number of fused-ring (bicyclic) bond motifs is 1. The molecule has 0 bridgehead atoms. The standard InChI is InChI=1S/C13H20N4O/c1-2-5-18-9-11-6-14-7-12-13(11)17(16-15-12)8-10-3-4-10/h2,10-11,14H,1,3-9H2. The van der Waals surface area contributed by atoms with Gasteiger partial charge in [0.2, 0.25) is 0 Å². The Morgan fingerprint density at radius 1 is 1.50 bits per heavy atom. The lowest BCUT2D eigenvalue weighted by Crippen LogP contribution is -2.32. The molecule has 2 heterocycles. The number of ether oxygens (including phenoxy) is 1. The van der Waals surface area contributed by atoms with E-state index in [4.69, 9.17) is 4.74 Å². The molecule has 1 aliphatic heterocycles. The molecule has 0 saturated heterocycles. The fourth-order valence-electron chi connectivity index (χ4n) is 2.50. The van der Waals surface area contributed by atoms with Crippen molar-refractivity contribution in [2.24, 2.45) is 5.92 Å². The van der Waals surface area contributed by atoms with Crippen molar-refractivity contribution in [1.82, 2.24) is 20.3 Å². The van der Waals surface area contributed by atoms with E-state index in [1.165, 1.54) is 18.5 Å². The molecule has 98 valence electrons. The highest BCUT2D eigenvalue weighted by Gasteiger charge is 2.29. The fourth-order valence-corrected chi connectivity index (χ4v) is 2.50. The molecular weight excluding hydrogens is 228 g/mol. The molecule has 18 heavy (non-hydrogen) atoms. The largest absolute Gasteiger partial charge is 0.377 e. The monoisotopic (exact) mass is 248 g/mol. The average molecular weight is 248 g/mol. The van der Waals surface area contributed by atoms with Crippen molar-refractivity contribution in [3.05, 3.63) is 24.0 Å². The van der Waals surface area contributed by atoms with Crippen LogP contribution in [0.4, 0.5) is 0 Å². The zero-order valence-electron chi connectivity index (χ0n) is 10.6. The second kappa shape index (κ2) is 5.20. The van der Waals surface area contributed by atoms with Gasteiger partial charge in [0.25, 0.3) is 0 Å². The van der Waals surface area contributed by atoms with Crippen LogP contribution in [0.5, 0.6) is 0 Å². The van der Waals surface area contributed by atoms with Gasteiger partial charge in [0.05, 0.1) is 18.9 Å². The van der Waals surface area contributed by atoms with Gasteiger partial charge >= 0.3 is 0 Å². The highest BCUT2D eigenvalue weighted by Crippen LogP contribution is 2.32. The summed E-state index contributed by atoms with van der Waals surface area (Å²) < 4.78 is 7.70. The summed E-state index contributed by atoms with van der Waals surface area (Å²) in [5.41, 5.74) is 2.37. The van der Waals surface area contributed by atoms with Crippen molar-refractivity contribution in [2.75, 3.05) is 19.8 Å². The topological polar surface area (TPSA) is 52.0 Å². The lowest BCUT2D eigenvalue weighted by molar-refractivity contribution is 0.140. The van der Waals surface area contributed by atoms with Gasteiger partial charge in [-0.25, -0.2) is 4.68 Å². The maximum absolute atomic E-state index is 5.60. The van der Waals surface area contributed by atoms with Crippen LogP contribution in [0.15, 0.2) is 12.7 Å². The van der Waals surface area contributed by atoms with E-state index in [0.717, 1.165) is 31.2 Å². The number of hydrogen-bond acceptors (Lipinski definition) is 4. The van der Waals surface area contributed by atoms with Gasteiger partial charge < -0.3 is 10.1 Å². The summed E-state index contributed by atoms with van der Waals surface area (Å²) in [6, 6.07) is 0. The molecule has 5 nitrogen and oxygen atoms in total. The molecule has 1 unspecified atom stereocenters. The Morgan fingerprint density at radius 2 is 2.39 bits per heavy atom. The SMILES string of the molecule is C=CCOCC1CNCc2nnn(CC3CC3)c21. The molecule has 2 aliphatic rings. The van der Waals surface area contributed by atoms with Crippen LogP contribution >= 0.6 is 0 Å². The van der Waals surface area contributed by atoms with Gasteiger partial charge in [-0.15, -0.1) is 11.7 Å². The summed E-state index contributed by atoms with van der Waals surface area (Å²) in [7, 11) is 0. The maximum atomic E-state index is 5.60. The Kier molecular flexibility index (Phi) is 3.43. The predicted molar refractivity (Wildman–Crippen MR) is 68.2 cm³/mol. The van der Waals surface area contributed by atoms with Gasteiger partial charge in [0, 0.05) is 25.6 Å². The molecule has 0 aromatic carbocycles. The smallest absolute Gasteiger partial charge is 0.100 e. The van der Waals surface area contributed by atoms with Crippen LogP contribution in [0.3, 0.4) is 0 Å². The Bertz CT molecular complexity index is 425. The van der Waals surface area contributed by atoms with Crippen LogP contribution in [-0.2, 0) is 17.8 Å². The van der Waals surface area contributed by atoms with Gasteiger partial charge in [0.1, 0.15) is 5.69 Å². The van der Waals surface area contributed by atoms with Gasteiger partial charge in [-0.05, 0) is 18.8 Å². The summed E-state index contributed by atoms with van der Waals surface area (Å²) in [5, 5.41) is 12.0. The lowest BCUT2D eigenvalue weighted by Gasteiger charge is -2.23. The number of nitrogens with zero attached hydrogens (tertiary/aromatic N) is 3. The second-order valence-corrected chi connectivity index (χ2v) is 5.20. The highest BCUT2D eigenvalue weighted by atomic mass is 16.5. The predicted octanol–water partition coefficient (Wildman–Crippen LogP) is 1.08. The normalized spacial score (nSPS) is 22.8. The average Bonchev–Trinajstić information content (AvgIpc) is 3.10. The van der Waals surface area contributed by atoms with Gasteiger partial charge in [-0.2, -0.15) is 0 Å². The zero-order chi connectivity index (χ0) is 12.4. The van der Waals surface area contributed by atoms with Crippen molar-refractivity contribution in [3.63, 3.8) is 0 Å². The quantitative estimate of drug-likeness (QED) is 0.604. The third kappa shape index (κ3) is 2.47. The number of hydrogen-bond donors (Lipinski definition) is 1. The summed E-state index contributed by atoms with van der Waals surface area (Å²) in [6.45, 7) is 7.80. The minimum absolute atomic E-state index is 0.363. The Balaban J connectivity index is 1.73. The minimum Gasteiger partial charge on any atom is -0.377 e. The summed E-state index contributed by atoms with van der Waals surface area (Å²) >= 11 is 0. The van der Waals surface area contributed by atoms with E-state index >= 15 is 0 Å². The van der Waals surface area contributed by atoms with Crippen LogP contribution in [0.25, 0.3) is 0 Å². The summed E-state index contributed by atoms with van der Waals surface area (Å²) in [5.74, 6) is 1.18. The first kappa shape index (κ1) is 11.9. The van der Waals surface area contributed by atoms with Gasteiger partial charge in [0.15, 0.2) is 0 Å². The van der Waals surface area contributed by atoms with Crippen molar-refractivity contribution < 1.29 is 4.74 Å². The number of nitrogens with one attached hydrogen (secondary N) is 1. The lowest BCUT2D eigenvalue weighted by atomic mass is 10.0. The molecule has 0 radical (unpaired) electrons.